The van der Waals surface area contributed by atoms with Crippen LogP contribution in [0.15, 0.2) is 42.7 Å². The van der Waals surface area contributed by atoms with E-state index in [4.69, 9.17) is 5.11 Å². The quantitative estimate of drug-likeness (QED) is 0.737. The molecule has 0 unspecified atom stereocenters. The van der Waals surface area contributed by atoms with Crippen molar-refractivity contribution >= 4 is 11.9 Å². The van der Waals surface area contributed by atoms with Gasteiger partial charge in [0.1, 0.15) is 6.04 Å². The number of H-pyrrole nitrogens is 1. The number of carboxylic acid groups (broad SMARTS) is 1. The Balaban J connectivity index is 1.94. The maximum atomic E-state index is 11.8. The van der Waals surface area contributed by atoms with Crippen molar-refractivity contribution in [1.82, 2.24) is 15.5 Å². The molecule has 0 spiro atoms. The third-order valence-corrected chi connectivity index (χ3v) is 2.93. The zero-order valence-corrected chi connectivity index (χ0v) is 10.7. The van der Waals surface area contributed by atoms with Gasteiger partial charge >= 0.3 is 5.97 Å². The molecule has 6 heteroatoms. The molecule has 1 aromatic heterocycles. The molecule has 0 radical (unpaired) electrons. The van der Waals surface area contributed by atoms with E-state index in [0.717, 1.165) is 5.56 Å². The molecule has 0 bridgehead atoms. The van der Waals surface area contributed by atoms with Crippen LogP contribution in [0.5, 0.6) is 0 Å². The molecule has 1 aromatic carbocycles. The number of aryl methyl sites for hydroxylation is 1. The molecule has 20 heavy (non-hydrogen) atoms. The van der Waals surface area contributed by atoms with E-state index in [-0.39, 0.29) is 0 Å². The summed E-state index contributed by atoms with van der Waals surface area (Å²) in [5, 5.41) is 17.8. The summed E-state index contributed by atoms with van der Waals surface area (Å²) in [7, 11) is 0. The number of rotatable bonds is 6. The summed E-state index contributed by atoms with van der Waals surface area (Å²) in [6.07, 6.45) is 3.70. The van der Waals surface area contributed by atoms with E-state index in [9.17, 15) is 9.59 Å². The van der Waals surface area contributed by atoms with E-state index in [1.54, 1.807) is 0 Å². The van der Waals surface area contributed by atoms with Crippen molar-refractivity contribution < 1.29 is 14.7 Å². The Morgan fingerprint density at radius 1 is 1.30 bits per heavy atom. The fraction of sp³-hybridized carbons (Fsp3) is 0.214. The molecule has 0 fully saturated rings. The molecule has 0 saturated heterocycles. The Kier molecular flexibility index (Phi) is 4.49. The maximum absolute atomic E-state index is 11.8. The number of carbonyl (C=O) groups is 2. The van der Waals surface area contributed by atoms with Gasteiger partial charge in [0.2, 0.25) is 0 Å². The highest BCUT2D eigenvalue weighted by Crippen LogP contribution is 2.06. The summed E-state index contributed by atoms with van der Waals surface area (Å²) >= 11 is 0. The Morgan fingerprint density at radius 3 is 2.65 bits per heavy atom. The fourth-order valence-electron chi connectivity index (χ4n) is 1.83. The summed E-state index contributed by atoms with van der Waals surface area (Å²) in [6.45, 7) is 0. The molecule has 2 aromatic rings. The van der Waals surface area contributed by atoms with Gasteiger partial charge in [0.15, 0.2) is 0 Å². The summed E-state index contributed by atoms with van der Waals surface area (Å²) in [5.41, 5.74) is 1.35. The van der Waals surface area contributed by atoms with E-state index < -0.39 is 17.9 Å². The van der Waals surface area contributed by atoms with Crippen molar-refractivity contribution in [3.05, 3.63) is 53.9 Å². The van der Waals surface area contributed by atoms with Gasteiger partial charge in [-0.3, -0.25) is 9.89 Å². The molecule has 0 aliphatic rings. The van der Waals surface area contributed by atoms with Crippen LogP contribution < -0.4 is 5.32 Å². The van der Waals surface area contributed by atoms with Gasteiger partial charge in [-0.25, -0.2) is 4.79 Å². The Hall–Kier alpha value is -2.63. The summed E-state index contributed by atoms with van der Waals surface area (Å²) < 4.78 is 0. The van der Waals surface area contributed by atoms with Gasteiger partial charge in [0.05, 0.1) is 11.8 Å². The number of nitrogens with zero attached hydrogens (tertiary/aromatic N) is 1. The van der Waals surface area contributed by atoms with Crippen molar-refractivity contribution in [2.75, 3.05) is 0 Å². The van der Waals surface area contributed by atoms with Crippen LogP contribution in [-0.4, -0.2) is 33.2 Å². The second kappa shape index (κ2) is 6.51. The first kappa shape index (κ1) is 13.8. The average molecular weight is 273 g/mol. The van der Waals surface area contributed by atoms with E-state index >= 15 is 0 Å². The Bertz CT molecular complexity index is 567. The predicted molar refractivity (Wildman–Crippen MR) is 72.2 cm³/mol. The zero-order valence-electron chi connectivity index (χ0n) is 10.7. The molecule has 104 valence electrons. The van der Waals surface area contributed by atoms with Crippen molar-refractivity contribution in [2.24, 2.45) is 0 Å². The smallest absolute Gasteiger partial charge is 0.326 e. The van der Waals surface area contributed by atoms with Crippen LogP contribution in [0.2, 0.25) is 0 Å². The minimum absolute atomic E-state index is 0.316. The second-order valence-corrected chi connectivity index (χ2v) is 4.38. The van der Waals surface area contributed by atoms with Crippen molar-refractivity contribution in [1.29, 1.82) is 0 Å². The molecule has 6 nitrogen and oxygen atoms in total. The monoisotopic (exact) mass is 273 g/mol. The van der Waals surface area contributed by atoms with Gasteiger partial charge < -0.3 is 10.4 Å². The number of aromatic nitrogens is 2. The van der Waals surface area contributed by atoms with Crippen molar-refractivity contribution in [3.63, 3.8) is 0 Å². The number of aromatic amines is 1. The molecule has 2 rings (SSSR count). The molecule has 3 N–H and O–H groups in total. The van der Waals surface area contributed by atoms with E-state index in [0.29, 0.717) is 18.4 Å². The van der Waals surface area contributed by atoms with Crippen molar-refractivity contribution in [3.8, 4) is 0 Å². The van der Waals surface area contributed by atoms with Crippen LogP contribution in [0.3, 0.4) is 0 Å². The first-order valence-electron chi connectivity index (χ1n) is 6.23. The van der Waals surface area contributed by atoms with Gasteiger partial charge in [-0.15, -0.1) is 0 Å². The third-order valence-electron chi connectivity index (χ3n) is 2.93. The highest BCUT2D eigenvalue weighted by molar-refractivity contribution is 5.96. The number of benzene rings is 1. The Morgan fingerprint density at radius 2 is 2.05 bits per heavy atom. The molecule has 0 aliphatic heterocycles. The molecule has 1 atom stereocenters. The standard InChI is InChI=1S/C14H15N3O3/c18-13(11-8-15-16-9-11)17-12(14(19)20)7-6-10-4-2-1-3-5-10/h1-5,8-9,12H,6-7H2,(H,15,16)(H,17,18)(H,19,20)/t12-/m0/s1. The topological polar surface area (TPSA) is 95.1 Å². The number of aliphatic carboxylic acids is 1. The van der Waals surface area contributed by atoms with E-state index in [2.05, 4.69) is 15.5 Å². The van der Waals surface area contributed by atoms with Crippen LogP contribution in [-0.2, 0) is 11.2 Å². The number of nitrogens with one attached hydrogen (secondary N) is 2. The number of carboxylic acids is 1. The molecule has 0 aliphatic carbocycles. The number of carbonyl (C=O) groups excluding carboxylic acids is 1. The second-order valence-electron chi connectivity index (χ2n) is 4.38. The highest BCUT2D eigenvalue weighted by atomic mass is 16.4. The van der Waals surface area contributed by atoms with Gasteiger partial charge in [-0.2, -0.15) is 5.10 Å². The largest absolute Gasteiger partial charge is 0.480 e. The summed E-state index contributed by atoms with van der Waals surface area (Å²) in [4.78, 5) is 23.0. The minimum atomic E-state index is -1.04. The average Bonchev–Trinajstić information content (AvgIpc) is 2.98. The third kappa shape index (κ3) is 3.68. The molecule has 0 saturated carbocycles. The van der Waals surface area contributed by atoms with Gasteiger partial charge in [0, 0.05) is 6.20 Å². The van der Waals surface area contributed by atoms with Crippen LogP contribution in [0.25, 0.3) is 0 Å². The molecular weight excluding hydrogens is 258 g/mol. The maximum Gasteiger partial charge on any atom is 0.326 e. The molecular formula is C14H15N3O3. The van der Waals surface area contributed by atoms with E-state index in [1.165, 1.54) is 12.4 Å². The van der Waals surface area contributed by atoms with Crippen LogP contribution >= 0.6 is 0 Å². The van der Waals surface area contributed by atoms with Crippen LogP contribution in [0.1, 0.15) is 22.3 Å². The number of amides is 1. The van der Waals surface area contributed by atoms with Crippen LogP contribution in [0, 0.1) is 0 Å². The lowest BCUT2D eigenvalue weighted by atomic mass is 10.1. The lowest BCUT2D eigenvalue weighted by Gasteiger charge is -2.13. The zero-order chi connectivity index (χ0) is 14.4. The summed E-state index contributed by atoms with van der Waals surface area (Å²) in [5.74, 6) is -1.49. The Labute approximate surface area is 115 Å². The first-order valence-corrected chi connectivity index (χ1v) is 6.23. The number of hydrogen-bond acceptors (Lipinski definition) is 3. The van der Waals surface area contributed by atoms with Gasteiger partial charge in [-0.05, 0) is 18.4 Å². The van der Waals surface area contributed by atoms with E-state index in [1.807, 2.05) is 30.3 Å². The SMILES string of the molecule is O=C(N[C@@H](CCc1ccccc1)C(=O)O)c1cn[nH]c1. The minimum Gasteiger partial charge on any atom is -0.480 e. The lowest BCUT2D eigenvalue weighted by molar-refractivity contribution is -0.139. The summed E-state index contributed by atoms with van der Waals surface area (Å²) in [6, 6.07) is 8.63. The lowest BCUT2D eigenvalue weighted by Crippen LogP contribution is -2.41. The molecule has 1 amide bonds. The normalized spacial score (nSPS) is 11.8. The highest BCUT2D eigenvalue weighted by Gasteiger charge is 2.20. The van der Waals surface area contributed by atoms with Crippen LogP contribution in [0.4, 0.5) is 0 Å². The number of hydrogen-bond donors (Lipinski definition) is 3. The first-order chi connectivity index (χ1) is 9.66. The van der Waals surface area contributed by atoms with Gasteiger partial charge in [-0.1, -0.05) is 30.3 Å². The van der Waals surface area contributed by atoms with Gasteiger partial charge in [0.25, 0.3) is 5.91 Å². The predicted octanol–water partition coefficient (Wildman–Crippen LogP) is 1.23. The fourth-order valence-corrected chi connectivity index (χ4v) is 1.83. The van der Waals surface area contributed by atoms with Crippen molar-refractivity contribution in [2.45, 2.75) is 18.9 Å². The molecule has 1 heterocycles.